The minimum absolute atomic E-state index is 0.221. The minimum Gasteiger partial charge on any atom is -0.204 e. The van der Waals surface area contributed by atoms with Crippen molar-refractivity contribution in [2.45, 2.75) is 18.2 Å². The molecule has 1 rings (SSSR count). The van der Waals surface area contributed by atoms with Gasteiger partial charge in [-0.25, -0.2) is 4.39 Å². The average molecular weight is 205 g/mol. The lowest BCUT2D eigenvalue weighted by molar-refractivity contribution is 0.601. The standard InChI is InChI=1S/C9H10ClFS/c1-3-6-4-7(10)9(11)8(5-6)12-2/h4-5H,3H2,1-2H3. The first-order valence-corrected chi connectivity index (χ1v) is 5.31. The van der Waals surface area contributed by atoms with Crippen LogP contribution in [0.3, 0.4) is 0 Å². The number of benzene rings is 1. The molecule has 0 atom stereocenters. The van der Waals surface area contributed by atoms with Gasteiger partial charge in [0.2, 0.25) is 0 Å². The van der Waals surface area contributed by atoms with Crippen molar-refractivity contribution < 1.29 is 4.39 Å². The molecule has 12 heavy (non-hydrogen) atoms. The molecule has 0 fully saturated rings. The Morgan fingerprint density at radius 3 is 2.67 bits per heavy atom. The zero-order valence-corrected chi connectivity index (χ0v) is 8.60. The number of hydrogen-bond acceptors (Lipinski definition) is 1. The Labute approximate surface area is 81.1 Å². The van der Waals surface area contributed by atoms with E-state index in [2.05, 4.69) is 0 Å². The van der Waals surface area contributed by atoms with E-state index in [1.807, 2.05) is 19.2 Å². The van der Waals surface area contributed by atoms with Crippen LogP contribution in [0.4, 0.5) is 4.39 Å². The largest absolute Gasteiger partial charge is 0.204 e. The SMILES string of the molecule is CCc1cc(Cl)c(F)c(SC)c1. The summed E-state index contributed by atoms with van der Waals surface area (Å²) in [5.74, 6) is -0.304. The van der Waals surface area contributed by atoms with Crippen LogP contribution in [0.2, 0.25) is 5.02 Å². The molecule has 66 valence electrons. The van der Waals surface area contributed by atoms with Crippen LogP contribution in [0.5, 0.6) is 0 Å². The summed E-state index contributed by atoms with van der Waals surface area (Å²) in [4.78, 5) is 0.624. The summed E-state index contributed by atoms with van der Waals surface area (Å²) in [5.41, 5.74) is 1.07. The summed E-state index contributed by atoms with van der Waals surface area (Å²) < 4.78 is 13.2. The van der Waals surface area contributed by atoms with Crippen molar-refractivity contribution in [1.29, 1.82) is 0 Å². The van der Waals surface area contributed by atoms with E-state index in [0.717, 1.165) is 12.0 Å². The second-order valence-corrected chi connectivity index (χ2v) is 3.70. The Bertz CT molecular complexity index is 286. The predicted octanol–water partition coefficient (Wildman–Crippen LogP) is 3.76. The van der Waals surface area contributed by atoms with Crippen LogP contribution in [0.1, 0.15) is 12.5 Å². The van der Waals surface area contributed by atoms with E-state index in [4.69, 9.17) is 11.6 Å². The molecular weight excluding hydrogens is 195 g/mol. The molecule has 0 N–H and O–H groups in total. The molecule has 0 saturated carbocycles. The summed E-state index contributed by atoms with van der Waals surface area (Å²) in [6.45, 7) is 2.02. The van der Waals surface area contributed by atoms with E-state index in [1.165, 1.54) is 11.8 Å². The van der Waals surface area contributed by atoms with E-state index in [1.54, 1.807) is 6.07 Å². The molecule has 0 amide bonds. The monoisotopic (exact) mass is 204 g/mol. The summed E-state index contributed by atoms with van der Waals surface area (Å²) in [5, 5.41) is 0.221. The normalized spacial score (nSPS) is 10.3. The highest BCUT2D eigenvalue weighted by atomic mass is 35.5. The molecule has 0 radical (unpaired) electrons. The highest BCUT2D eigenvalue weighted by Gasteiger charge is 2.07. The Kier molecular flexibility index (Phi) is 3.41. The highest BCUT2D eigenvalue weighted by Crippen LogP contribution is 2.27. The van der Waals surface area contributed by atoms with Crippen molar-refractivity contribution in [1.82, 2.24) is 0 Å². The van der Waals surface area contributed by atoms with Gasteiger partial charge < -0.3 is 0 Å². The summed E-state index contributed by atoms with van der Waals surface area (Å²) in [6.07, 6.45) is 2.72. The van der Waals surface area contributed by atoms with Crippen molar-refractivity contribution in [2.24, 2.45) is 0 Å². The van der Waals surface area contributed by atoms with Gasteiger partial charge in [-0.1, -0.05) is 18.5 Å². The molecule has 0 aliphatic rings. The molecule has 0 aliphatic heterocycles. The molecule has 0 aliphatic carbocycles. The average Bonchev–Trinajstić information content (AvgIpc) is 2.09. The molecular formula is C9H10ClFS. The number of rotatable bonds is 2. The molecule has 0 unspecified atom stereocenters. The summed E-state index contributed by atoms with van der Waals surface area (Å²) in [7, 11) is 0. The molecule has 1 aromatic carbocycles. The number of halogens is 2. The second kappa shape index (κ2) is 4.15. The van der Waals surface area contributed by atoms with Crippen LogP contribution >= 0.6 is 23.4 Å². The summed E-state index contributed by atoms with van der Waals surface area (Å²) >= 11 is 7.07. The predicted molar refractivity (Wildman–Crippen MR) is 52.6 cm³/mol. The number of hydrogen-bond donors (Lipinski definition) is 0. The van der Waals surface area contributed by atoms with E-state index in [0.29, 0.717) is 4.90 Å². The van der Waals surface area contributed by atoms with Crippen LogP contribution in [-0.2, 0) is 6.42 Å². The second-order valence-electron chi connectivity index (χ2n) is 2.45. The first-order chi connectivity index (χ1) is 5.69. The molecule has 3 heteroatoms. The third-order valence-corrected chi connectivity index (χ3v) is 2.69. The van der Waals surface area contributed by atoms with Gasteiger partial charge in [-0.05, 0) is 30.4 Å². The fourth-order valence-corrected chi connectivity index (χ4v) is 1.83. The molecule has 0 bridgehead atoms. The van der Waals surface area contributed by atoms with Gasteiger partial charge in [0.15, 0.2) is 5.82 Å². The molecule has 0 saturated heterocycles. The quantitative estimate of drug-likeness (QED) is 0.661. The van der Waals surface area contributed by atoms with Gasteiger partial charge >= 0.3 is 0 Å². The Morgan fingerprint density at radius 1 is 1.50 bits per heavy atom. The molecule has 0 aromatic heterocycles. The van der Waals surface area contributed by atoms with Gasteiger partial charge in [0.1, 0.15) is 0 Å². The van der Waals surface area contributed by atoms with Gasteiger partial charge in [-0.2, -0.15) is 0 Å². The van der Waals surface area contributed by atoms with Crippen LogP contribution in [0.25, 0.3) is 0 Å². The third-order valence-electron chi connectivity index (χ3n) is 1.68. The zero-order chi connectivity index (χ0) is 9.14. The van der Waals surface area contributed by atoms with Crippen LogP contribution in [-0.4, -0.2) is 6.26 Å². The van der Waals surface area contributed by atoms with Crippen LogP contribution < -0.4 is 0 Å². The fourth-order valence-electron chi connectivity index (χ4n) is 0.970. The van der Waals surface area contributed by atoms with Gasteiger partial charge in [-0.15, -0.1) is 11.8 Å². The van der Waals surface area contributed by atoms with Crippen molar-refractivity contribution in [3.8, 4) is 0 Å². The van der Waals surface area contributed by atoms with E-state index >= 15 is 0 Å². The lowest BCUT2D eigenvalue weighted by atomic mass is 10.2. The van der Waals surface area contributed by atoms with Gasteiger partial charge in [0, 0.05) is 4.90 Å². The molecule has 1 aromatic rings. The summed E-state index contributed by atoms with van der Waals surface area (Å²) in [6, 6.07) is 3.52. The smallest absolute Gasteiger partial charge is 0.155 e. The minimum atomic E-state index is -0.304. The maximum absolute atomic E-state index is 13.2. The Balaban J connectivity index is 3.19. The van der Waals surface area contributed by atoms with Crippen LogP contribution in [0, 0.1) is 5.82 Å². The van der Waals surface area contributed by atoms with Crippen molar-refractivity contribution in [3.63, 3.8) is 0 Å². The Hall–Kier alpha value is -0.210. The first kappa shape index (κ1) is 9.87. The number of thioether (sulfide) groups is 1. The highest BCUT2D eigenvalue weighted by molar-refractivity contribution is 7.98. The zero-order valence-electron chi connectivity index (χ0n) is 7.03. The maximum Gasteiger partial charge on any atom is 0.155 e. The first-order valence-electron chi connectivity index (χ1n) is 3.71. The fraction of sp³-hybridized carbons (Fsp3) is 0.333. The van der Waals surface area contributed by atoms with Gasteiger partial charge in [0.25, 0.3) is 0 Å². The van der Waals surface area contributed by atoms with Crippen molar-refractivity contribution >= 4 is 23.4 Å². The topological polar surface area (TPSA) is 0 Å². The van der Waals surface area contributed by atoms with E-state index in [-0.39, 0.29) is 10.8 Å². The van der Waals surface area contributed by atoms with Gasteiger partial charge in [-0.3, -0.25) is 0 Å². The lowest BCUT2D eigenvalue weighted by Gasteiger charge is -2.04. The number of aryl methyl sites for hydroxylation is 1. The van der Waals surface area contributed by atoms with Crippen molar-refractivity contribution in [3.05, 3.63) is 28.5 Å². The van der Waals surface area contributed by atoms with Crippen molar-refractivity contribution in [2.75, 3.05) is 6.26 Å². The molecule has 0 heterocycles. The molecule has 0 nitrogen and oxygen atoms in total. The van der Waals surface area contributed by atoms with E-state index < -0.39 is 0 Å². The van der Waals surface area contributed by atoms with Crippen LogP contribution in [0.15, 0.2) is 17.0 Å². The lowest BCUT2D eigenvalue weighted by Crippen LogP contribution is -1.87. The van der Waals surface area contributed by atoms with Gasteiger partial charge in [0.05, 0.1) is 5.02 Å². The Morgan fingerprint density at radius 2 is 2.17 bits per heavy atom. The third kappa shape index (κ3) is 1.93. The van der Waals surface area contributed by atoms with E-state index in [9.17, 15) is 4.39 Å². The maximum atomic E-state index is 13.2. The molecule has 0 spiro atoms.